The van der Waals surface area contributed by atoms with Crippen molar-refractivity contribution in [2.45, 2.75) is 39.3 Å². The van der Waals surface area contributed by atoms with E-state index in [9.17, 15) is 0 Å². The maximum Gasteiger partial charge on any atom is 0.243 e. The van der Waals surface area contributed by atoms with E-state index in [1.54, 1.807) is 7.11 Å². The zero-order valence-corrected chi connectivity index (χ0v) is 13.2. The Labute approximate surface area is 125 Å². The molecular weight excluding hydrogens is 266 g/mol. The minimum Gasteiger partial charge on any atom is -0.496 e. The van der Waals surface area contributed by atoms with Crippen LogP contribution in [-0.4, -0.2) is 29.2 Å². The van der Waals surface area contributed by atoms with Crippen LogP contribution in [0.5, 0.6) is 5.75 Å². The molecule has 0 aliphatic heterocycles. The summed E-state index contributed by atoms with van der Waals surface area (Å²) in [4.78, 5) is 6.62. The Balaban J connectivity index is 2.06. The molecule has 0 bridgehead atoms. The van der Waals surface area contributed by atoms with Gasteiger partial charge in [-0.15, -0.1) is 0 Å². The minimum atomic E-state index is 0.0630. The van der Waals surface area contributed by atoms with E-state index < -0.39 is 0 Å². The Hall–Kier alpha value is -1.88. The van der Waals surface area contributed by atoms with Gasteiger partial charge in [-0.3, -0.25) is 4.90 Å². The van der Waals surface area contributed by atoms with Crippen molar-refractivity contribution in [1.82, 2.24) is 15.0 Å². The molecule has 1 heterocycles. The maximum atomic E-state index is 5.39. The molecule has 0 saturated heterocycles. The number of rotatable bonds is 7. The van der Waals surface area contributed by atoms with Crippen LogP contribution >= 0.6 is 0 Å². The summed E-state index contributed by atoms with van der Waals surface area (Å²) in [6.07, 6.45) is 1.87. The van der Waals surface area contributed by atoms with Crippen LogP contribution in [0.4, 0.5) is 0 Å². The van der Waals surface area contributed by atoms with Gasteiger partial charge in [0.15, 0.2) is 5.82 Å². The number of aryl methyl sites for hydroxylation is 1. The average Bonchev–Trinajstić information content (AvgIpc) is 2.96. The monoisotopic (exact) mass is 289 g/mol. The van der Waals surface area contributed by atoms with Crippen LogP contribution in [0, 0.1) is 0 Å². The lowest BCUT2D eigenvalue weighted by Gasteiger charge is -2.22. The molecule has 0 amide bonds. The normalized spacial score (nSPS) is 12.6. The highest BCUT2D eigenvalue weighted by atomic mass is 16.5. The molecule has 5 heteroatoms. The first-order valence-electron chi connectivity index (χ1n) is 7.30. The lowest BCUT2D eigenvalue weighted by Crippen LogP contribution is -2.22. The van der Waals surface area contributed by atoms with Gasteiger partial charge in [-0.05, 0) is 26.5 Å². The molecule has 0 saturated carbocycles. The van der Waals surface area contributed by atoms with Crippen LogP contribution in [0.3, 0.4) is 0 Å². The second-order valence-corrected chi connectivity index (χ2v) is 5.20. The molecule has 0 N–H and O–H groups in total. The molecule has 1 unspecified atom stereocenters. The van der Waals surface area contributed by atoms with Gasteiger partial charge >= 0.3 is 0 Å². The summed E-state index contributed by atoms with van der Waals surface area (Å²) in [5.41, 5.74) is 1.14. The first-order valence-corrected chi connectivity index (χ1v) is 7.30. The molecule has 1 atom stereocenters. The van der Waals surface area contributed by atoms with Gasteiger partial charge in [0.25, 0.3) is 0 Å². The zero-order valence-electron chi connectivity index (χ0n) is 13.2. The highest BCUT2D eigenvalue weighted by Gasteiger charge is 2.19. The number of aromatic nitrogens is 2. The van der Waals surface area contributed by atoms with E-state index in [1.807, 2.05) is 25.2 Å². The Morgan fingerprint density at radius 1 is 1.33 bits per heavy atom. The third-order valence-electron chi connectivity index (χ3n) is 3.59. The number of benzene rings is 1. The molecular formula is C16H23N3O2. The summed E-state index contributed by atoms with van der Waals surface area (Å²) in [7, 11) is 3.73. The Morgan fingerprint density at radius 3 is 2.81 bits per heavy atom. The van der Waals surface area contributed by atoms with Crippen LogP contribution < -0.4 is 4.74 Å². The van der Waals surface area contributed by atoms with Gasteiger partial charge in [-0.2, -0.15) is 4.98 Å². The highest BCUT2D eigenvalue weighted by molar-refractivity contribution is 5.33. The van der Waals surface area contributed by atoms with Gasteiger partial charge in [-0.1, -0.05) is 30.3 Å². The van der Waals surface area contributed by atoms with Crippen molar-refractivity contribution in [2.24, 2.45) is 0 Å². The van der Waals surface area contributed by atoms with Crippen LogP contribution in [-0.2, 0) is 13.0 Å². The average molecular weight is 289 g/mol. The van der Waals surface area contributed by atoms with E-state index >= 15 is 0 Å². The molecule has 1 aromatic heterocycles. The zero-order chi connectivity index (χ0) is 15.2. The number of methoxy groups -OCH3 is 1. The summed E-state index contributed by atoms with van der Waals surface area (Å²) in [6, 6.07) is 8.09. The summed E-state index contributed by atoms with van der Waals surface area (Å²) in [6.45, 7) is 4.93. The molecule has 0 aliphatic carbocycles. The number of hydrogen-bond donors (Lipinski definition) is 0. The lowest BCUT2D eigenvalue weighted by molar-refractivity contribution is 0.200. The Bertz CT molecular complexity index is 568. The van der Waals surface area contributed by atoms with Crippen molar-refractivity contribution >= 4 is 0 Å². The van der Waals surface area contributed by atoms with Crippen LogP contribution in [0.1, 0.15) is 43.6 Å². The predicted molar refractivity (Wildman–Crippen MR) is 81.2 cm³/mol. The number of para-hydroxylation sites is 1. The van der Waals surface area contributed by atoms with Crippen molar-refractivity contribution < 1.29 is 9.26 Å². The molecule has 114 valence electrons. The molecule has 1 aromatic carbocycles. The molecule has 2 aromatic rings. The Morgan fingerprint density at radius 2 is 2.10 bits per heavy atom. The largest absolute Gasteiger partial charge is 0.496 e. The third-order valence-corrected chi connectivity index (χ3v) is 3.59. The van der Waals surface area contributed by atoms with E-state index in [0.29, 0.717) is 5.89 Å². The number of hydrogen-bond acceptors (Lipinski definition) is 5. The van der Waals surface area contributed by atoms with Gasteiger partial charge in [0, 0.05) is 18.5 Å². The molecule has 21 heavy (non-hydrogen) atoms. The second-order valence-electron chi connectivity index (χ2n) is 5.20. The van der Waals surface area contributed by atoms with Gasteiger partial charge in [0.1, 0.15) is 5.75 Å². The predicted octanol–water partition coefficient (Wildman–Crippen LogP) is 3.22. The number of nitrogens with zero attached hydrogens (tertiary/aromatic N) is 3. The van der Waals surface area contributed by atoms with Crippen LogP contribution in [0.2, 0.25) is 0 Å². The third kappa shape index (κ3) is 3.82. The van der Waals surface area contributed by atoms with Gasteiger partial charge < -0.3 is 9.26 Å². The van der Waals surface area contributed by atoms with Gasteiger partial charge in [-0.25, -0.2) is 0 Å². The molecule has 0 aliphatic rings. The Kier molecular flexibility index (Phi) is 5.33. The summed E-state index contributed by atoms with van der Waals surface area (Å²) >= 11 is 0. The van der Waals surface area contributed by atoms with Crippen molar-refractivity contribution in [2.75, 3.05) is 14.2 Å². The van der Waals surface area contributed by atoms with Gasteiger partial charge in [0.2, 0.25) is 5.89 Å². The SMILES string of the molecule is CCCc1noc(C(C)N(C)Cc2ccccc2OC)n1. The van der Waals surface area contributed by atoms with Crippen LogP contribution in [0.15, 0.2) is 28.8 Å². The standard InChI is InChI=1S/C16H23N3O2/c1-5-8-15-17-16(21-18-15)12(2)19(3)11-13-9-6-7-10-14(13)20-4/h6-7,9-10,12H,5,8,11H2,1-4H3. The fourth-order valence-corrected chi connectivity index (χ4v) is 2.19. The summed E-state index contributed by atoms with van der Waals surface area (Å²) in [5.74, 6) is 2.34. The fraction of sp³-hybridized carbons (Fsp3) is 0.500. The molecule has 5 nitrogen and oxygen atoms in total. The van der Waals surface area contributed by atoms with E-state index in [4.69, 9.17) is 9.26 Å². The quantitative estimate of drug-likeness (QED) is 0.783. The van der Waals surface area contributed by atoms with Crippen molar-refractivity contribution in [3.05, 3.63) is 41.5 Å². The molecule has 0 fully saturated rings. The topological polar surface area (TPSA) is 51.4 Å². The second kappa shape index (κ2) is 7.22. The van der Waals surface area contributed by atoms with Gasteiger partial charge in [0.05, 0.1) is 13.2 Å². The molecule has 2 rings (SSSR count). The first-order chi connectivity index (χ1) is 10.2. The first kappa shape index (κ1) is 15.5. The van der Waals surface area contributed by atoms with Crippen LogP contribution in [0.25, 0.3) is 0 Å². The van der Waals surface area contributed by atoms with E-state index in [1.165, 1.54) is 0 Å². The molecule has 0 radical (unpaired) electrons. The smallest absolute Gasteiger partial charge is 0.243 e. The van der Waals surface area contributed by atoms with E-state index in [0.717, 1.165) is 36.5 Å². The van der Waals surface area contributed by atoms with E-state index in [2.05, 4.69) is 35.0 Å². The highest BCUT2D eigenvalue weighted by Crippen LogP contribution is 2.24. The van der Waals surface area contributed by atoms with E-state index in [-0.39, 0.29) is 6.04 Å². The van der Waals surface area contributed by atoms with Crippen molar-refractivity contribution in [1.29, 1.82) is 0 Å². The molecule has 0 spiro atoms. The van der Waals surface area contributed by atoms with Crippen molar-refractivity contribution in [3.8, 4) is 5.75 Å². The lowest BCUT2D eigenvalue weighted by atomic mass is 10.1. The van der Waals surface area contributed by atoms with Crippen molar-refractivity contribution in [3.63, 3.8) is 0 Å². The fourth-order valence-electron chi connectivity index (χ4n) is 2.19. The number of ether oxygens (including phenoxy) is 1. The maximum absolute atomic E-state index is 5.39. The minimum absolute atomic E-state index is 0.0630. The summed E-state index contributed by atoms with van der Waals surface area (Å²) < 4.78 is 10.8. The summed E-state index contributed by atoms with van der Waals surface area (Å²) in [5, 5.41) is 4.01.